The average molecular weight is 209 g/mol. The highest BCUT2D eigenvalue weighted by atomic mass is 35.5. The first-order valence-electron chi connectivity index (χ1n) is 3.89. The van der Waals surface area contributed by atoms with Gasteiger partial charge in [0.05, 0.1) is 0 Å². The summed E-state index contributed by atoms with van der Waals surface area (Å²) in [7, 11) is 0. The molecule has 1 atom stereocenters. The largest absolute Gasteiger partial charge is 0.299 e. The highest BCUT2D eigenvalue weighted by Gasteiger charge is 2.36. The van der Waals surface area contributed by atoms with Gasteiger partial charge >= 0.3 is 0 Å². The van der Waals surface area contributed by atoms with Crippen LogP contribution >= 0.6 is 11.6 Å². The van der Waals surface area contributed by atoms with E-state index in [4.69, 9.17) is 17.0 Å². The third-order valence-electron chi connectivity index (χ3n) is 2.02. The minimum absolute atomic E-state index is 0.0272. The molecule has 0 aliphatic heterocycles. The SMILES string of the molecule is N=C1C(=O)c2ncccc2C(=O)C1Cl. The maximum atomic E-state index is 11.5. The van der Waals surface area contributed by atoms with E-state index in [0.29, 0.717) is 0 Å². The van der Waals surface area contributed by atoms with E-state index in [1.807, 2.05) is 0 Å². The molecule has 70 valence electrons. The van der Waals surface area contributed by atoms with Gasteiger partial charge in [0, 0.05) is 11.8 Å². The molecule has 14 heavy (non-hydrogen) atoms. The van der Waals surface area contributed by atoms with Crippen LogP contribution in [0.25, 0.3) is 0 Å². The smallest absolute Gasteiger partial charge is 0.227 e. The first-order valence-corrected chi connectivity index (χ1v) is 4.33. The molecular weight excluding hydrogens is 204 g/mol. The molecule has 1 aromatic rings. The Morgan fingerprint density at radius 3 is 2.86 bits per heavy atom. The van der Waals surface area contributed by atoms with Gasteiger partial charge in [0.15, 0.2) is 5.78 Å². The van der Waals surface area contributed by atoms with E-state index < -0.39 is 22.7 Å². The number of nitrogens with zero attached hydrogens (tertiary/aromatic N) is 1. The molecule has 0 saturated heterocycles. The van der Waals surface area contributed by atoms with E-state index in [1.165, 1.54) is 12.3 Å². The third-order valence-corrected chi connectivity index (χ3v) is 2.43. The van der Waals surface area contributed by atoms with Crippen molar-refractivity contribution < 1.29 is 9.59 Å². The standard InChI is InChI=1S/C9H5ClN2O2/c10-5-6(11)9(14)7-4(8(5)13)2-1-3-12-7/h1-3,5,11H. The number of hydrogen-bond acceptors (Lipinski definition) is 4. The maximum absolute atomic E-state index is 11.5. The number of aromatic nitrogens is 1. The molecular formula is C9H5ClN2O2. The molecule has 0 amide bonds. The monoisotopic (exact) mass is 208 g/mol. The van der Waals surface area contributed by atoms with Crippen molar-refractivity contribution in [3.8, 4) is 0 Å². The molecule has 4 nitrogen and oxygen atoms in total. The Balaban J connectivity index is 2.68. The summed E-state index contributed by atoms with van der Waals surface area (Å²) < 4.78 is 0. The molecule has 1 heterocycles. The Morgan fingerprint density at radius 2 is 2.14 bits per heavy atom. The Hall–Kier alpha value is -1.55. The van der Waals surface area contributed by atoms with Crippen molar-refractivity contribution >= 4 is 28.9 Å². The first kappa shape index (κ1) is 9.02. The molecule has 0 spiro atoms. The number of nitrogens with one attached hydrogen (secondary N) is 1. The maximum Gasteiger partial charge on any atom is 0.227 e. The van der Waals surface area contributed by atoms with Crippen LogP contribution in [0, 0.1) is 5.41 Å². The van der Waals surface area contributed by atoms with Crippen LogP contribution in [0.3, 0.4) is 0 Å². The fraction of sp³-hybridized carbons (Fsp3) is 0.111. The van der Waals surface area contributed by atoms with Crippen molar-refractivity contribution in [2.75, 3.05) is 0 Å². The van der Waals surface area contributed by atoms with E-state index in [9.17, 15) is 9.59 Å². The molecule has 0 radical (unpaired) electrons. The highest BCUT2D eigenvalue weighted by molar-refractivity contribution is 6.63. The minimum Gasteiger partial charge on any atom is -0.299 e. The van der Waals surface area contributed by atoms with E-state index in [0.717, 1.165) is 0 Å². The summed E-state index contributed by atoms with van der Waals surface area (Å²) in [6, 6.07) is 3.05. The van der Waals surface area contributed by atoms with E-state index in [2.05, 4.69) is 4.98 Å². The first-order chi connectivity index (χ1) is 6.63. The van der Waals surface area contributed by atoms with Gasteiger partial charge in [0.2, 0.25) is 5.78 Å². The number of ketones is 2. The number of carbonyl (C=O) groups is 2. The number of halogens is 1. The summed E-state index contributed by atoms with van der Waals surface area (Å²) in [5, 5.41) is 6.15. The van der Waals surface area contributed by atoms with Gasteiger partial charge in [0.25, 0.3) is 0 Å². The predicted molar refractivity (Wildman–Crippen MR) is 50.3 cm³/mol. The lowest BCUT2D eigenvalue weighted by Crippen LogP contribution is -2.37. The number of Topliss-reactive ketones (excluding diaryl/α,β-unsaturated/α-hetero) is 2. The summed E-state index contributed by atoms with van der Waals surface area (Å²) in [4.78, 5) is 26.7. The van der Waals surface area contributed by atoms with Gasteiger partial charge in [-0.05, 0) is 12.1 Å². The number of rotatable bonds is 0. The van der Waals surface area contributed by atoms with Crippen LogP contribution in [0.1, 0.15) is 20.8 Å². The van der Waals surface area contributed by atoms with Crippen LogP contribution < -0.4 is 0 Å². The third kappa shape index (κ3) is 1.08. The summed E-state index contributed by atoms with van der Waals surface area (Å²) >= 11 is 5.62. The van der Waals surface area contributed by atoms with E-state index >= 15 is 0 Å². The van der Waals surface area contributed by atoms with Crippen molar-refractivity contribution in [2.24, 2.45) is 0 Å². The molecule has 0 bridgehead atoms. The van der Waals surface area contributed by atoms with Crippen LogP contribution in [0.15, 0.2) is 18.3 Å². The van der Waals surface area contributed by atoms with Crippen LogP contribution in [0.2, 0.25) is 0 Å². The lowest BCUT2D eigenvalue weighted by atomic mass is 9.92. The molecule has 0 saturated carbocycles. The van der Waals surface area contributed by atoms with Crippen molar-refractivity contribution in [1.82, 2.24) is 4.98 Å². The van der Waals surface area contributed by atoms with Crippen LogP contribution in [0.5, 0.6) is 0 Å². The van der Waals surface area contributed by atoms with Gasteiger partial charge in [0.1, 0.15) is 16.8 Å². The van der Waals surface area contributed by atoms with Gasteiger partial charge in [-0.1, -0.05) is 0 Å². The van der Waals surface area contributed by atoms with Crippen LogP contribution in [-0.4, -0.2) is 27.6 Å². The number of alkyl halides is 1. The van der Waals surface area contributed by atoms with Crippen molar-refractivity contribution in [3.63, 3.8) is 0 Å². The molecule has 1 aliphatic rings. The van der Waals surface area contributed by atoms with Crippen molar-refractivity contribution in [1.29, 1.82) is 5.41 Å². The van der Waals surface area contributed by atoms with E-state index in [1.54, 1.807) is 6.07 Å². The predicted octanol–water partition coefficient (Wildman–Crippen LogP) is 1.09. The van der Waals surface area contributed by atoms with Gasteiger partial charge in [-0.3, -0.25) is 20.0 Å². The second-order valence-electron chi connectivity index (χ2n) is 2.87. The zero-order valence-corrected chi connectivity index (χ0v) is 7.71. The second kappa shape index (κ2) is 2.99. The molecule has 1 unspecified atom stereocenters. The van der Waals surface area contributed by atoms with Crippen molar-refractivity contribution in [3.05, 3.63) is 29.6 Å². The lowest BCUT2D eigenvalue weighted by Gasteiger charge is -2.16. The van der Waals surface area contributed by atoms with E-state index in [-0.39, 0.29) is 11.3 Å². The zero-order chi connectivity index (χ0) is 10.3. The number of fused-ring (bicyclic) bond motifs is 1. The summed E-state index contributed by atoms with van der Waals surface area (Å²) in [6.07, 6.45) is 1.41. The Morgan fingerprint density at radius 1 is 1.43 bits per heavy atom. The van der Waals surface area contributed by atoms with Gasteiger partial charge in [-0.2, -0.15) is 0 Å². The summed E-state index contributed by atoms with van der Waals surface area (Å²) in [5.74, 6) is -1.00. The normalized spacial score (nSPS) is 20.9. The fourth-order valence-electron chi connectivity index (χ4n) is 1.30. The van der Waals surface area contributed by atoms with Gasteiger partial charge in [-0.25, -0.2) is 0 Å². The average Bonchev–Trinajstić information content (AvgIpc) is 2.23. The topological polar surface area (TPSA) is 70.9 Å². The van der Waals surface area contributed by atoms with Crippen molar-refractivity contribution in [2.45, 2.75) is 5.38 Å². The summed E-state index contributed by atoms with van der Waals surface area (Å²) in [5.41, 5.74) is -0.171. The minimum atomic E-state index is -1.17. The molecule has 1 N–H and O–H groups in total. The molecule has 2 rings (SSSR count). The Bertz CT molecular complexity index is 456. The van der Waals surface area contributed by atoms with Crippen LogP contribution in [0.4, 0.5) is 0 Å². The number of carbonyl (C=O) groups excluding carboxylic acids is 2. The quantitative estimate of drug-likeness (QED) is 0.649. The fourth-order valence-corrected chi connectivity index (χ4v) is 1.51. The number of hydrogen-bond donors (Lipinski definition) is 1. The Kier molecular flexibility index (Phi) is 1.93. The summed E-state index contributed by atoms with van der Waals surface area (Å²) in [6.45, 7) is 0. The van der Waals surface area contributed by atoms with Gasteiger partial charge in [-0.15, -0.1) is 11.6 Å². The second-order valence-corrected chi connectivity index (χ2v) is 3.31. The molecule has 1 aliphatic carbocycles. The lowest BCUT2D eigenvalue weighted by molar-refractivity contribution is 0.0964. The molecule has 0 fully saturated rings. The number of pyridine rings is 1. The highest BCUT2D eigenvalue weighted by Crippen LogP contribution is 2.20. The molecule has 0 aromatic carbocycles. The van der Waals surface area contributed by atoms with Crippen LogP contribution in [-0.2, 0) is 0 Å². The Labute approximate surface area is 84.4 Å². The molecule has 5 heteroatoms. The molecule has 1 aromatic heterocycles. The zero-order valence-electron chi connectivity index (χ0n) is 6.95. The van der Waals surface area contributed by atoms with Gasteiger partial charge < -0.3 is 0 Å².